The molecular formula is C20H32O. The maximum absolute atomic E-state index is 12.1. The van der Waals surface area contributed by atoms with Crippen molar-refractivity contribution in [1.29, 1.82) is 0 Å². The van der Waals surface area contributed by atoms with Gasteiger partial charge in [0.25, 0.3) is 0 Å². The molecule has 1 heteroatoms. The van der Waals surface area contributed by atoms with Gasteiger partial charge in [-0.1, -0.05) is 89.0 Å². The molecule has 0 bridgehead atoms. The van der Waals surface area contributed by atoms with Crippen LogP contribution in [0.2, 0.25) is 0 Å². The van der Waals surface area contributed by atoms with Crippen LogP contribution in [0, 0.1) is 6.92 Å². The van der Waals surface area contributed by atoms with Crippen molar-refractivity contribution in [2.75, 3.05) is 0 Å². The first-order valence-corrected chi connectivity index (χ1v) is 8.84. The van der Waals surface area contributed by atoms with Crippen LogP contribution in [-0.2, 0) is 6.42 Å². The van der Waals surface area contributed by atoms with Crippen LogP contribution < -0.4 is 5.43 Å². The summed E-state index contributed by atoms with van der Waals surface area (Å²) in [4.78, 5) is 12.1. The molecule has 0 unspecified atom stereocenters. The minimum absolute atomic E-state index is 0.232. The fourth-order valence-electron chi connectivity index (χ4n) is 2.78. The molecule has 0 saturated heterocycles. The van der Waals surface area contributed by atoms with Crippen molar-refractivity contribution in [3.63, 3.8) is 0 Å². The number of aryl methyl sites for hydroxylation is 2. The van der Waals surface area contributed by atoms with Gasteiger partial charge < -0.3 is 0 Å². The van der Waals surface area contributed by atoms with Gasteiger partial charge in [0, 0.05) is 0 Å². The van der Waals surface area contributed by atoms with Crippen LogP contribution in [-0.4, -0.2) is 0 Å². The number of hydrogen-bond donors (Lipinski definition) is 0. The van der Waals surface area contributed by atoms with Crippen LogP contribution in [0.25, 0.3) is 0 Å². The molecule has 0 aromatic heterocycles. The molecule has 1 aromatic carbocycles. The maximum Gasteiger partial charge on any atom is 0.184 e. The standard InChI is InChI=1S/C20H32O/c1-3-4-5-6-7-8-9-10-11-12-16-19-17-14-13-15-18(2)20(19)21/h13-15,17H,3-12,16H2,1-2H3. The van der Waals surface area contributed by atoms with Crippen LogP contribution >= 0.6 is 0 Å². The topological polar surface area (TPSA) is 17.1 Å². The predicted octanol–water partition coefficient (Wildman–Crippen LogP) is 5.82. The SMILES string of the molecule is CCCCCCCCCCCCc1ccccc(C)c1=O. The molecule has 0 heterocycles. The Hall–Kier alpha value is -1.11. The van der Waals surface area contributed by atoms with E-state index in [1.807, 2.05) is 31.2 Å². The average molecular weight is 288 g/mol. The second kappa shape index (κ2) is 11.5. The molecule has 21 heavy (non-hydrogen) atoms. The zero-order valence-corrected chi connectivity index (χ0v) is 14.0. The Bertz CT molecular complexity index is 436. The Kier molecular flexibility index (Phi) is 9.86. The van der Waals surface area contributed by atoms with Gasteiger partial charge in [0.2, 0.25) is 0 Å². The van der Waals surface area contributed by atoms with E-state index in [-0.39, 0.29) is 5.43 Å². The third-order valence-electron chi connectivity index (χ3n) is 4.20. The fourth-order valence-corrected chi connectivity index (χ4v) is 2.78. The molecule has 0 aliphatic heterocycles. The van der Waals surface area contributed by atoms with Crippen molar-refractivity contribution in [2.24, 2.45) is 0 Å². The fraction of sp³-hybridized carbons (Fsp3) is 0.650. The summed E-state index contributed by atoms with van der Waals surface area (Å²) in [5.74, 6) is 0. The van der Waals surface area contributed by atoms with Gasteiger partial charge in [0.1, 0.15) is 0 Å². The van der Waals surface area contributed by atoms with Crippen LogP contribution in [0.1, 0.15) is 82.3 Å². The molecule has 0 saturated carbocycles. The van der Waals surface area contributed by atoms with E-state index in [0.29, 0.717) is 0 Å². The van der Waals surface area contributed by atoms with Crippen LogP contribution in [0.4, 0.5) is 0 Å². The van der Waals surface area contributed by atoms with Gasteiger partial charge in [-0.3, -0.25) is 4.79 Å². The third-order valence-corrected chi connectivity index (χ3v) is 4.20. The summed E-state index contributed by atoms with van der Waals surface area (Å²) in [5, 5.41) is 0. The highest BCUT2D eigenvalue weighted by atomic mass is 16.1. The molecule has 1 nitrogen and oxygen atoms in total. The zero-order chi connectivity index (χ0) is 15.3. The Balaban J connectivity index is 2.09. The first kappa shape index (κ1) is 17.9. The minimum atomic E-state index is 0.232. The van der Waals surface area contributed by atoms with E-state index in [1.54, 1.807) is 0 Å². The molecule has 0 aliphatic carbocycles. The van der Waals surface area contributed by atoms with E-state index in [1.165, 1.54) is 57.8 Å². The van der Waals surface area contributed by atoms with E-state index in [9.17, 15) is 4.79 Å². The van der Waals surface area contributed by atoms with Crippen molar-refractivity contribution in [3.05, 3.63) is 45.6 Å². The summed E-state index contributed by atoms with van der Waals surface area (Å²) in [6.07, 6.45) is 14.3. The summed E-state index contributed by atoms with van der Waals surface area (Å²) in [7, 11) is 0. The molecule has 0 atom stereocenters. The van der Waals surface area contributed by atoms with Gasteiger partial charge in [-0.05, 0) is 30.9 Å². The van der Waals surface area contributed by atoms with Crippen molar-refractivity contribution in [2.45, 2.75) is 84.5 Å². The molecular weight excluding hydrogens is 256 g/mol. The molecule has 0 spiro atoms. The highest BCUT2D eigenvalue weighted by Crippen LogP contribution is 2.11. The van der Waals surface area contributed by atoms with Crippen molar-refractivity contribution < 1.29 is 0 Å². The van der Waals surface area contributed by atoms with Gasteiger partial charge in [-0.15, -0.1) is 0 Å². The second-order valence-electron chi connectivity index (χ2n) is 6.19. The van der Waals surface area contributed by atoms with E-state index in [2.05, 4.69) is 6.92 Å². The smallest absolute Gasteiger partial charge is 0.184 e. The number of rotatable bonds is 11. The Morgan fingerprint density at radius 3 is 1.90 bits per heavy atom. The normalized spacial score (nSPS) is 10.8. The molecule has 0 amide bonds. The third kappa shape index (κ3) is 8.04. The van der Waals surface area contributed by atoms with Crippen LogP contribution in [0.5, 0.6) is 0 Å². The van der Waals surface area contributed by atoms with E-state index < -0.39 is 0 Å². The lowest BCUT2D eigenvalue weighted by Gasteiger charge is -2.02. The van der Waals surface area contributed by atoms with Crippen LogP contribution in [0.15, 0.2) is 29.1 Å². The van der Waals surface area contributed by atoms with Gasteiger partial charge in [-0.25, -0.2) is 0 Å². The van der Waals surface area contributed by atoms with Crippen molar-refractivity contribution in [1.82, 2.24) is 0 Å². The zero-order valence-electron chi connectivity index (χ0n) is 14.0. The quantitative estimate of drug-likeness (QED) is 0.469. The summed E-state index contributed by atoms with van der Waals surface area (Å²) < 4.78 is 0. The predicted molar refractivity (Wildman–Crippen MR) is 93.0 cm³/mol. The lowest BCUT2D eigenvalue weighted by molar-refractivity contribution is 0.556. The van der Waals surface area contributed by atoms with Crippen molar-refractivity contribution >= 4 is 0 Å². The first-order valence-electron chi connectivity index (χ1n) is 8.84. The molecule has 1 aromatic rings. The van der Waals surface area contributed by atoms with Gasteiger partial charge in [-0.2, -0.15) is 0 Å². The second-order valence-corrected chi connectivity index (χ2v) is 6.19. The van der Waals surface area contributed by atoms with Gasteiger partial charge in [0.05, 0.1) is 0 Å². The Labute approximate surface area is 130 Å². The van der Waals surface area contributed by atoms with Crippen molar-refractivity contribution in [3.8, 4) is 0 Å². The molecule has 118 valence electrons. The Morgan fingerprint density at radius 1 is 0.762 bits per heavy atom. The highest BCUT2D eigenvalue weighted by Gasteiger charge is 2.00. The lowest BCUT2D eigenvalue weighted by Crippen LogP contribution is -2.08. The largest absolute Gasteiger partial charge is 0.289 e. The summed E-state index contributed by atoms with van der Waals surface area (Å²) in [6, 6.07) is 7.84. The summed E-state index contributed by atoms with van der Waals surface area (Å²) in [6.45, 7) is 4.17. The van der Waals surface area contributed by atoms with Gasteiger partial charge in [0.15, 0.2) is 5.43 Å². The molecule has 0 fully saturated rings. The number of hydrogen-bond acceptors (Lipinski definition) is 1. The van der Waals surface area contributed by atoms with Crippen LogP contribution in [0.3, 0.4) is 0 Å². The molecule has 0 aliphatic rings. The van der Waals surface area contributed by atoms with E-state index in [0.717, 1.165) is 24.0 Å². The molecule has 1 rings (SSSR count). The molecule has 0 radical (unpaired) electrons. The monoisotopic (exact) mass is 288 g/mol. The summed E-state index contributed by atoms with van der Waals surface area (Å²) in [5.41, 5.74) is 2.08. The Morgan fingerprint density at radius 2 is 1.29 bits per heavy atom. The average Bonchev–Trinajstić information content (AvgIpc) is 2.64. The number of unbranched alkanes of at least 4 members (excludes halogenated alkanes) is 9. The summed E-state index contributed by atoms with van der Waals surface area (Å²) >= 11 is 0. The maximum atomic E-state index is 12.1. The van der Waals surface area contributed by atoms with E-state index >= 15 is 0 Å². The van der Waals surface area contributed by atoms with E-state index in [4.69, 9.17) is 0 Å². The lowest BCUT2D eigenvalue weighted by atomic mass is 10.0. The molecule has 0 N–H and O–H groups in total. The minimum Gasteiger partial charge on any atom is -0.289 e. The van der Waals surface area contributed by atoms with Gasteiger partial charge >= 0.3 is 0 Å². The first-order chi connectivity index (χ1) is 10.3. The highest BCUT2D eigenvalue weighted by molar-refractivity contribution is 5.21.